The standard InChI is InChI=1S/C30H27FN6/c31-24-7-9-27-22(17-24)6-10-28(35-27)37-18-23(19-37)29-30(33-14-13-32-29)36-15-11-21(12-16-36)26-8-5-20-3-1-2-4-25(20)34-26/h1-10,13-14,17,21,23H,11-12,15-16,18-19H2. The van der Waals surface area contributed by atoms with Crippen LogP contribution in [0.4, 0.5) is 16.0 Å². The van der Waals surface area contributed by atoms with Gasteiger partial charge in [-0.25, -0.2) is 14.4 Å². The molecule has 5 heterocycles. The lowest BCUT2D eigenvalue weighted by Gasteiger charge is -2.41. The van der Waals surface area contributed by atoms with Crippen molar-refractivity contribution < 1.29 is 4.39 Å². The average molecular weight is 491 g/mol. The summed E-state index contributed by atoms with van der Waals surface area (Å²) in [6.07, 6.45) is 5.71. The van der Waals surface area contributed by atoms with Gasteiger partial charge in [0.05, 0.1) is 16.7 Å². The minimum absolute atomic E-state index is 0.237. The van der Waals surface area contributed by atoms with Crippen LogP contribution in [-0.4, -0.2) is 46.1 Å². The minimum atomic E-state index is -0.237. The van der Waals surface area contributed by atoms with Gasteiger partial charge in [-0.1, -0.05) is 24.3 Å². The number of pyridine rings is 2. The first kappa shape index (κ1) is 22.1. The van der Waals surface area contributed by atoms with E-state index in [0.29, 0.717) is 11.8 Å². The maximum absolute atomic E-state index is 13.5. The van der Waals surface area contributed by atoms with E-state index in [-0.39, 0.29) is 5.82 Å². The third-order valence-electron chi connectivity index (χ3n) is 7.77. The van der Waals surface area contributed by atoms with E-state index < -0.39 is 0 Å². The van der Waals surface area contributed by atoms with Gasteiger partial charge in [0.25, 0.3) is 0 Å². The molecule has 0 aliphatic carbocycles. The van der Waals surface area contributed by atoms with Crippen LogP contribution in [0.25, 0.3) is 21.8 Å². The summed E-state index contributed by atoms with van der Waals surface area (Å²) in [6.45, 7) is 3.60. The maximum Gasteiger partial charge on any atom is 0.150 e. The second kappa shape index (κ2) is 9.07. The highest BCUT2D eigenvalue weighted by Gasteiger charge is 2.34. The highest BCUT2D eigenvalue weighted by molar-refractivity contribution is 5.80. The maximum atomic E-state index is 13.5. The number of aromatic nitrogens is 4. The van der Waals surface area contributed by atoms with Crippen molar-refractivity contribution >= 4 is 33.4 Å². The van der Waals surface area contributed by atoms with Crippen molar-refractivity contribution in [1.29, 1.82) is 0 Å². The molecule has 0 saturated carbocycles. The monoisotopic (exact) mass is 490 g/mol. The molecule has 2 fully saturated rings. The predicted octanol–water partition coefficient (Wildman–Crippen LogP) is 5.70. The first-order chi connectivity index (χ1) is 18.2. The van der Waals surface area contributed by atoms with Crippen LogP contribution < -0.4 is 9.80 Å². The van der Waals surface area contributed by atoms with Crippen LogP contribution in [0.15, 0.2) is 79.1 Å². The molecule has 2 aliphatic rings. The van der Waals surface area contributed by atoms with Crippen molar-refractivity contribution in [2.24, 2.45) is 0 Å². The van der Waals surface area contributed by atoms with Gasteiger partial charge in [-0.15, -0.1) is 0 Å². The van der Waals surface area contributed by atoms with E-state index in [1.54, 1.807) is 18.5 Å². The molecule has 0 N–H and O–H groups in total. The largest absolute Gasteiger partial charge is 0.355 e. The van der Waals surface area contributed by atoms with Gasteiger partial charge < -0.3 is 9.80 Å². The van der Waals surface area contributed by atoms with Gasteiger partial charge in [0.15, 0.2) is 5.82 Å². The van der Waals surface area contributed by atoms with Crippen LogP contribution in [-0.2, 0) is 0 Å². The molecular weight excluding hydrogens is 463 g/mol. The molecule has 2 aliphatic heterocycles. The number of anilines is 2. The molecule has 0 bridgehead atoms. The Bertz CT molecular complexity index is 1590. The van der Waals surface area contributed by atoms with E-state index in [2.05, 4.69) is 46.2 Å². The third kappa shape index (κ3) is 4.14. The smallest absolute Gasteiger partial charge is 0.150 e. The molecule has 0 amide bonds. The van der Waals surface area contributed by atoms with E-state index in [4.69, 9.17) is 19.9 Å². The molecule has 6 nitrogen and oxygen atoms in total. The van der Waals surface area contributed by atoms with Gasteiger partial charge in [0, 0.05) is 66.9 Å². The van der Waals surface area contributed by atoms with Crippen LogP contribution in [0.3, 0.4) is 0 Å². The summed E-state index contributed by atoms with van der Waals surface area (Å²) in [7, 11) is 0. The van der Waals surface area contributed by atoms with Crippen molar-refractivity contribution in [3.63, 3.8) is 0 Å². The third-order valence-corrected chi connectivity index (χ3v) is 7.77. The lowest BCUT2D eigenvalue weighted by molar-refractivity contribution is 0.480. The van der Waals surface area contributed by atoms with Crippen molar-refractivity contribution in [3.05, 3.63) is 96.3 Å². The summed E-state index contributed by atoms with van der Waals surface area (Å²) in [5.41, 5.74) is 4.15. The Morgan fingerprint density at radius 2 is 1.49 bits per heavy atom. The molecule has 0 radical (unpaired) electrons. The fourth-order valence-corrected chi connectivity index (χ4v) is 5.67. The molecule has 0 atom stereocenters. The number of piperidine rings is 1. The van der Waals surface area contributed by atoms with Gasteiger partial charge in [0.1, 0.15) is 11.6 Å². The van der Waals surface area contributed by atoms with Crippen molar-refractivity contribution in [3.8, 4) is 0 Å². The lowest BCUT2D eigenvalue weighted by Crippen LogP contribution is -2.47. The lowest BCUT2D eigenvalue weighted by atomic mass is 9.91. The normalized spacial score (nSPS) is 16.9. The van der Waals surface area contributed by atoms with Crippen LogP contribution in [0.5, 0.6) is 0 Å². The number of para-hydroxylation sites is 1. The number of halogens is 1. The van der Waals surface area contributed by atoms with Crippen LogP contribution in [0.1, 0.15) is 36.1 Å². The molecule has 5 aromatic rings. The number of benzene rings is 2. The summed E-state index contributed by atoms with van der Waals surface area (Å²) < 4.78 is 13.5. The second-order valence-corrected chi connectivity index (χ2v) is 10.1. The molecule has 7 heteroatoms. The summed E-state index contributed by atoms with van der Waals surface area (Å²) in [5, 5.41) is 2.01. The van der Waals surface area contributed by atoms with Crippen molar-refractivity contribution in [2.75, 3.05) is 36.0 Å². The number of nitrogens with zero attached hydrogens (tertiary/aromatic N) is 6. The molecule has 7 rings (SSSR count). The SMILES string of the molecule is Fc1ccc2nc(N3CC(c4nccnc4N4CCC(c5ccc6ccccc6n5)CC4)C3)ccc2c1. The van der Waals surface area contributed by atoms with E-state index in [1.165, 1.54) is 23.2 Å². The summed E-state index contributed by atoms with van der Waals surface area (Å²) in [6, 6.07) is 21.3. The zero-order chi connectivity index (χ0) is 24.8. The molecule has 2 aromatic carbocycles. The Labute approximate surface area is 214 Å². The van der Waals surface area contributed by atoms with Gasteiger partial charge in [-0.05, 0) is 55.3 Å². The zero-order valence-corrected chi connectivity index (χ0v) is 20.5. The quantitative estimate of drug-likeness (QED) is 0.322. The van der Waals surface area contributed by atoms with Crippen LogP contribution in [0, 0.1) is 5.82 Å². The van der Waals surface area contributed by atoms with Gasteiger partial charge >= 0.3 is 0 Å². The Hall–Kier alpha value is -4.13. The van der Waals surface area contributed by atoms with Gasteiger partial charge in [0.2, 0.25) is 0 Å². The first-order valence-corrected chi connectivity index (χ1v) is 12.9. The fourth-order valence-electron chi connectivity index (χ4n) is 5.67. The van der Waals surface area contributed by atoms with Gasteiger partial charge in [-0.3, -0.25) is 9.97 Å². The molecule has 3 aromatic heterocycles. The Balaban J connectivity index is 1.04. The molecule has 184 valence electrons. The summed E-state index contributed by atoms with van der Waals surface area (Å²) >= 11 is 0. The average Bonchev–Trinajstić information content (AvgIpc) is 2.92. The Kier molecular flexibility index (Phi) is 5.42. The fraction of sp³-hybridized carbons (Fsp3) is 0.267. The van der Waals surface area contributed by atoms with E-state index in [0.717, 1.165) is 72.8 Å². The highest BCUT2D eigenvalue weighted by atomic mass is 19.1. The summed E-state index contributed by atoms with van der Waals surface area (Å²) in [4.78, 5) is 23.9. The number of rotatable bonds is 4. The van der Waals surface area contributed by atoms with Crippen molar-refractivity contribution in [2.45, 2.75) is 24.7 Å². The molecule has 0 unspecified atom stereocenters. The number of hydrogen-bond donors (Lipinski definition) is 0. The highest BCUT2D eigenvalue weighted by Crippen LogP contribution is 2.36. The first-order valence-electron chi connectivity index (χ1n) is 12.9. The topological polar surface area (TPSA) is 58.0 Å². The predicted molar refractivity (Wildman–Crippen MR) is 145 cm³/mol. The van der Waals surface area contributed by atoms with Crippen LogP contribution >= 0.6 is 0 Å². The number of fused-ring (bicyclic) bond motifs is 2. The van der Waals surface area contributed by atoms with Gasteiger partial charge in [-0.2, -0.15) is 0 Å². The van der Waals surface area contributed by atoms with E-state index in [9.17, 15) is 4.39 Å². The molecule has 2 saturated heterocycles. The summed E-state index contributed by atoms with van der Waals surface area (Å²) in [5.74, 6) is 2.48. The van der Waals surface area contributed by atoms with Crippen molar-refractivity contribution in [1.82, 2.24) is 19.9 Å². The second-order valence-electron chi connectivity index (χ2n) is 10.1. The van der Waals surface area contributed by atoms with E-state index in [1.807, 2.05) is 12.1 Å². The van der Waals surface area contributed by atoms with Crippen LogP contribution in [0.2, 0.25) is 0 Å². The number of hydrogen-bond acceptors (Lipinski definition) is 6. The Morgan fingerprint density at radius 1 is 0.703 bits per heavy atom. The molecular formula is C30H27FN6. The zero-order valence-electron chi connectivity index (χ0n) is 20.5. The Morgan fingerprint density at radius 3 is 2.38 bits per heavy atom. The minimum Gasteiger partial charge on any atom is -0.355 e. The molecule has 0 spiro atoms. The van der Waals surface area contributed by atoms with E-state index >= 15 is 0 Å². The molecule has 37 heavy (non-hydrogen) atoms.